The van der Waals surface area contributed by atoms with Gasteiger partial charge in [0.1, 0.15) is 29.0 Å². The number of rotatable bonds is 9. The van der Waals surface area contributed by atoms with Gasteiger partial charge in [-0.1, -0.05) is 18.2 Å². The molecule has 8 N–H and O–H groups in total. The third-order valence-corrected chi connectivity index (χ3v) is 12.4. The Bertz CT molecular complexity index is 2340. The number of imide groups is 1. The number of morpholine rings is 1. The summed E-state index contributed by atoms with van der Waals surface area (Å²) in [5, 5.41) is 13.6. The van der Waals surface area contributed by atoms with E-state index in [2.05, 4.69) is 14.8 Å². The van der Waals surface area contributed by atoms with E-state index in [9.17, 15) is 19.5 Å². The Labute approximate surface area is 348 Å². The summed E-state index contributed by atoms with van der Waals surface area (Å²) >= 11 is 0. The number of aromatic nitrogens is 2. The van der Waals surface area contributed by atoms with E-state index >= 15 is 4.39 Å². The monoisotopic (exact) mass is 820 g/mol. The number of urea groups is 1. The number of nitrogens with one attached hydrogen (secondary N) is 1. The lowest BCUT2D eigenvalue weighted by atomic mass is 9.91. The molecule has 1 atom stereocenters. The van der Waals surface area contributed by atoms with Crippen molar-refractivity contribution in [2.24, 2.45) is 17.2 Å². The summed E-state index contributed by atoms with van der Waals surface area (Å²) in [6.45, 7) is 6.22. The molecule has 4 aliphatic heterocycles. The van der Waals surface area contributed by atoms with Gasteiger partial charge in [-0.05, 0) is 73.4 Å². The number of carbonyl (C=O) groups excluding carboxylic acids is 3. The normalized spacial score (nSPS) is 20.7. The number of piperidine rings is 2. The van der Waals surface area contributed by atoms with Crippen molar-refractivity contribution in [3.05, 3.63) is 107 Å². The molecule has 0 radical (unpaired) electrons. The zero-order valence-electron chi connectivity index (χ0n) is 33.9. The molecule has 8 rings (SSSR count). The third-order valence-electron chi connectivity index (χ3n) is 12.4. The fourth-order valence-electron chi connectivity index (χ4n) is 9.02. The van der Waals surface area contributed by atoms with Crippen molar-refractivity contribution in [2.75, 3.05) is 63.9 Å². The highest BCUT2D eigenvalue weighted by molar-refractivity contribution is 6.06. The van der Waals surface area contributed by atoms with Crippen LogP contribution in [0.25, 0.3) is 16.7 Å². The van der Waals surface area contributed by atoms with Gasteiger partial charge < -0.3 is 46.3 Å². The Hall–Kier alpha value is -6.13. The number of ether oxygens (including phenoxy) is 1. The van der Waals surface area contributed by atoms with E-state index in [0.717, 1.165) is 48.1 Å². The predicted octanol–water partition coefficient (Wildman–Crippen LogP) is 4.24. The van der Waals surface area contributed by atoms with Crippen LogP contribution < -0.4 is 27.4 Å². The maximum atomic E-state index is 16.3. The number of allylic oxidation sites excluding steroid dienone is 1. The number of carbonyl (C=O) groups is 3. The van der Waals surface area contributed by atoms with Crippen LogP contribution in [0.5, 0.6) is 5.75 Å². The lowest BCUT2D eigenvalue weighted by molar-refractivity contribution is -0.120. The van der Waals surface area contributed by atoms with Crippen LogP contribution in [0.15, 0.2) is 84.6 Å². The van der Waals surface area contributed by atoms with Crippen LogP contribution in [0, 0.1) is 6.92 Å². The number of para-hydroxylation sites is 1. The van der Waals surface area contributed by atoms with Gasteiger partial charge in [0, 0.05) is 106 Å². The highest BCUT2D eigenvalue weighted by Crippen LogP contribution is 2.34. The second-order valence-corrected chi connectivity index (χ2v) is 16.4. The molecule has 60 heavy (non-hydrogen) atoms. The Morgan fingerprint density at radius 2 is 1.77 bits per heavy atom. The minimum absolute atomic E-state index is 0.0550. The quantitative estimate of drug-likeness (QED) is 0.151. The molecule has 0 aliphatic carbocycles. The molecule has 16 heteroatoms. The number of nitrogens with two attached hydrogens (primary N) is 3. The van der Waals surface area contributed by atoms with Gasteiger partial charge in [-0.15, -0.1) is 0 Å². The van der Waals surface area contributed by atoms with E-state index in [-0.39, 0.29) is 54.8 Å². The first-order valence-electron chi connectivity index (χ1n) is 20.6. The average Bonchev–Trinajstić information content (AvgIpc) is 3.66. The summed E-state index contributed by atoms with van der Waals surface area (Å²) in [4.78, 5) is 49.8. The van der Waals surface area contributed by atoms with Gasteiger partial charge in [-0.2, -0.15) is 0 Å². The number of phenolic OH excluding ortho intramolecular Hbond substituents is 1. The fourth-order valence-corrected chi connectivity index (χ4v) is 9.02. The highest BCUT2D eigenvalue weighted by atomic mass is 19.1. The van der Waals surface area contributed by atoms with Gasteiger partial charge in [0.25, 0.3) is 5.91 Å². The zero-order valence-corrected chi connectivity index (χ0v) is 33.9. The molecule has 4 aromatic rings. The lowest BCUT2D eigenvalue weighted by Crippen LogP contribution is -2.51. The first-order chi connectivity index (χ1) is 28.9. The summed E-state index contributed by atoms with van der Waals surface area (Å²) in [6.07, 6.45) is 7.58. The molecule has 15 nitrogen and oxygen atoms in total. The van der Waals surface area contributed by atoms with E-state index in [1.807, 2.05) is 48.4 Å². The number of halogens is 1. The van der Waals surface area contributed by atoms with Gasteiger partial charge in [0.15, 0.2) is 0 Å². The number of phenols is 1. The number of amides is 4. The van der Waals surface area contributed by atoms with Gasteiger partial charge in [-0.3, -0.25) is 19.8 Å². The maximum absolute atomic E-state index is 16.3. The molecule has 4 fully saturated rings. The molecule has 2 aromatic carbocycles. The average molecular weight is 821 g/mol. The minimum atomic E-state index is -1.38. The molecule has 4 amide bonds. The molecular weight excluding hydrogens is 768 g/mol. The van der Waals surface area contributed by atoms with Crippen molar-refractivity contribution in [2.45, 2.75) is 56.8 Å². The second-order valence-electron chi connectivity index (χ2n) is 16.4. The molecule has 316 valence electrons. The van der Waals surface area contributed by atoms with Crippen molar-refractivity contribution in [3.8, 4) is 5.75 Å². The molecule has 1 unspecified atom stereocenters. The van der Waals surface area contributed by atoms with Crippen LogP contribution >= 0.6 is 0 Å². The van der Waals surface area contributed by atoms with Crippen LogP contribution in [-0.4, -0.2) is 112 Å². The highest BCUT2D eigenvalue weighted by Gasteiger charge is 2.39. The Morgan fingerprint density at radius 3 is 2.48 bits per heavy atom. The van der Waals surface area contributed by atoms with Crippen LogP contribution in [0.3, 0.4) is 0 Å². The smallest absolute Gasteiger partial charge is 0.328 e. The van der Waals surface area contributed by atoms with Gasteiger partial charge in [0.2, 0.25) is 5.91 Å². The van der Waals surface area contributed by atoms with Crippen molar-refractivity contribution < 1.29 is 28.6 Å². The lowest BCUT2D eigenvalue weighted by Gasteiger charge is -2.41. The Morgan fingerprint density at radius 1 is 1.00 bits per heavy atom. The summed E-state index contributed by atoms with van der Waals surface area (Å²) < 4.78 is 24.7. The van der Waals surface area contributed by atoms with Crippen molar-refractivity contribution in [3.63, 3.8) is 0 Å². The van der Waals surface area contributed by atoms with Crippen molar-refractivity contribution in [1.29, 1.82) is 0 Å². The number of pyridine rings is 1. The number of aryl methyl sites for hydroxylation is 1. The number of aromatic hydroxyl groups is 1. The molecule has 6 heterocycles. The molecule has 0 spiro atoms. The largest absolute Gasteiger partial charge is 0.507 e. The topological polar surface area (TPSA) is 202 Å². The van der Waals surface area contributed by atoms with E-state index in [0.29, 0.717) is 74.1 Å². The number of nitrogens with zero attached hydrogens (tertiary/aromatic N) is 6. The summed E-state index contributed by atoms with van der Waals surface area (Å²) in [7, 11) is 0. The second kappa shape index (κ2) is 16.9. The Kier molecular flexibility index (Phi) is 11.4. The van der Waals surface area contributed by atoms with E-state index in [4.69, 9.17) is 26.9 Å². The first kappa shape index (κ1) is 40.6. The number of anilines is 1. The maximum Gasteiger partial charge on any atom is 0.328 e. The molecule has 2 aromatic heterocycles. The van der Waals surface area contributed by atoms with E-state index in [1.54, 1.807) is 41.4 Å². The van der Waals surface area contributed by atoms with Gasteiger partial charge in [-0.25, -0.2) is 14.2 Å². The fraction of sp³-hybridized carbons (Fsp3) is 0.409. The van der Waals surface area contributed by atoms with Crippen LogP contribution in [0.4, 0.5) is 14.9 Å². The van der Waals surface area contributed by atoms with Crippen LogP contribution in [0.1, 0.15) is 71.3 Å². The molecule has 0 bridgehead atoms. The summed E-state index contributed by atoms with van der Waals surface area (Å²) in [5.74, 6) is -0.236. The SMILES string of the molecule is Cc1cc(C(=O)N2CCC(F)(CN3CCC(n4ccc5cc(N6CCC(=O)NC6=O)cnc54)CC3)CC2)ccc1C1CN(C(/C=C(\N)c2ccccc2O)=C(N)N)CCO1. The van der Waals surface area contributed by atoms with Crippen molar-refractivity contribution >= 4 is 40.3 Å². The zero-order chi connectivity index (χ0) is 42.1. The molecule has 4 saturated heterocycles. The molecule has 0 saturated carbocycles. The number of fused-ring (bicyclic) bond motifs is 1. The van der Waals surface area contributed by atoms with E-state index in [1.165, 1.54) is 4.90 Å². The summed E-state index contributed by atoms with van der Waals surface area (Å²) in [6, 6.07) is 16.1. The number of alkyl halides is 1. The molecular formula is C44H53FN10O5. The Balaban J connectivity index is 0.833. The van der Waals surface area contributed by atoms with Gasteiger partial charge >= 0.3 is 6.03 Å². The standard InChI is InChI=1S/C44H53FN10O5/c1-28-22-30(6-7-33(28)38-26-53(20-21-60-38)36(40(47)48)24-35(46)34-4-2-3-5-37(34)56)42(58)52-18-12-44(45,13-19-52)27-51-14-9-31(10-15-51)54-16-8-29-23-32(25-49-41(29)54)55-17-11-39(57)50-43(55)59/h2-8,16,22-25,31,38,56H,9-15,17-21,26-27,46-48H2,1H3,(H,50,57,59)/b35-24-. The number of benzene rings is 2. The minimum Gasteiger partial charge on any atom is -0.507 e. The van der Waals surface area contributed by atoms with Gasteiger partial charge in [0.05, 0.1) is 24.2 Å². The number of likely N-dealkylation sites (tertiary alicyclic amines) is 2. The van der Waals surface area contributed by atoms with Crippen molar-refractivity contribution in [1.82, 2.24) is 29.6 Å². The summed E-state index contributed by atoms with van der Waals surface area (Å²) in [5.41, 5.74) is 22.5. The molecule has 4 aliphatic rings. The number of hydrogen-bond acceptors (Lipinski definition) is 11. The van der Waals surface area contributed by atoms with E-state index < -0.39 is 11.7 Å². The number of hydrogen-bond donors (Lipinski definition) is 5. The van der Waals surface area contributed by atoms with Crippen LogP contribution in [-0.2, 0) is 9.53 Å². The van der Waals surface area contributed by atoms with Crippen LogP contribution in [0.2, 0.25) is 0 Å². The predicted molar refractivity (Wildman–Crippen MR) is 226 cm³/mol. The first-order valence-corrected chi connectivity index (χ1v) is 20.6. The third kappa shape index (κ3) is 8.47.